The molecule has 2 aromatic heterocycles. The number of halogens is 1. The second-order valence-electron chi connectivity index (χ2n) is 9.77. The number of nitrogens with zero attached hydrogens (tertiary/aromatic N) is 4. The van der Waals surface area contributed by atoms with E-state index in [9.17, 15) is 9.59 Å². The maximum Gasteiger partial charge on any atom is 0.338 e. The number of carbonyl (C=O) groups excluding carboxylic acids is 1. The predicted octanol–water partition coefficient (Wildman–Crippen LogP) is 5.31. The minimum absolute atomic E-state index is 0.189. The lowest BCUT2D eigenvalue weighted by Gasteiger charge is -2.25. The molecule has 6 rings (SSSR count). The molecule has 1 aliphatic heterocycles. The fourth-order valence-corrected chi connectivity index (χ4v) is 6.38. The summed E-state index contributed by atoms with van der Waals surface area (Å²) in [6.45, 7) is 3.68. The average Bonchev–Trinajstić information content (AvgIpc) is 3.58. The van der Waals surface area contributed by atoms with E-state index in [1.54, 1.807) is 37.8 Å². The van der Waals surface area contributed by atoms with Crippen molar-refractivity contribution in [1.82, 2.24) is 14.3 Å². The second-order valence-corrected chi connectivity index (χ2v) is 11.2. The second kappa shape index (κ2) is 11.9. The van der Waals surface area contributed by atoms with Crippen molar-refractivity contribution >= 4 is 35.0 Å². The molecule has 0 fully saturated rings. The van der Waals surface area contributed by atoms with E-state index in [4.69, 9.17) is 26.2 Å². The number of esters is 1. The van der Waals surface area contributed by atoms with Crippen molar-refractivity contribution in [3.05, 3.63) is 132 Å². The van der Waals surface area contributed by atoms with Crippen LogP contribution >= 0.6 is 22.9 Å². The molecule has 3 heterocycles. The number of rotatable bonds is 7. The van der Waals surface area contributed by atoms with E-state index in [2.05, 4.69) is 4.99 Å². The van der Waals surface area contributed by atoms with Gasteiger partial charge < -0.3 is 9.47 Å². The summed E-state index contributed by atoms with van der Waals surface area (Å²) in [6, 6.07) is 23.8. The Bertz CT molecular complexity index is 2040. The quantitative estimate of drug-likeness (QED) is 0.233. The predicted molar refractivity (Wildman–Crippen MR) is 167 cm³/mol. The Hall–Kier alpha value is -4.73. The number of benzene rings is 3. The number of hydrogen-bond donors (Lipinski definition) is 0. The fourth-order valence-electron chi connectivity index (χ4n) is 5.10. The van der Waals surface area contributed by atoms with Crippen LogP contribution in [0.4, 0.5) is 0 Å². The van der Waals surface area contributed by atoms with Gasteiger partial charge in [0.2, 0.25) is 0 Å². The van der Waals surface area contributed by atoms with E-state index >= 15 is 0 Å². The molecule has 1 atom stereocenters. The van der Waals surface area contributed by atoms with Crippen LogP contribution in [0.2, 0.25) is 5.02 Å². The Morgan fingerprint density at radius 1 is 1.05 bits per heavy atom. The normalized spacial score (nSPS) is 14.8. The molecule has 0 N–H and O–H groups in total. The smallest absolute Gasteiger partial charge is 0.338 e. The van der Waals surface area contributed by atoms with Crippen LogP contribution in [0.3, 0.4) is 0 Å². The van der Waals surface area contributed by atoms with Gasteiger partial charge in [-0.15, -0.1) is 0 Å². The Morgan fingerprint density at radius 2 is 1.77 bits per heavy atom. The van der Waals surface area contributed by atoms with Crippen LogP contribution < -0.4 is 19.6 Å². The topological polar surface area (TPSA) is 87.7 Å². The minimum atomic E-state index is -0.792. The van der Waals surface area contributed by atoms with E-state index in [1.165, 1.54) is 15.9 Å². The van der Waals surface area contributed by atoms with Gasteiger partial charge in [-0.05, 0) is 68.0 Å². The molecule has 8 nitrogen and oxygen atoms in total. The molecule has 43 heavy (non-hydrogen) atoms. The van der Waals surface area contributed by atoms with E-state index < -0.39 is 12.0 Å². The molecule has 0 saturated carbocycles. The molecule has 10 heteroatoms. The fraction of sp³-hybridized carbons (Fsp3) is 0.152. The van der Waals surface area contributed by atoms with Crippen LogP contribution in [0.1, 0.15) is 31.0 Å². The van der Waals surface area contributed by atoms with Crippen LogP contribution in [0.5, 0.6) is 5.75 Å². The third-order valence-corrected chi connectivity index (χ3v) is 8.46. The highest BCUT2D eigenvalue weighted by molar-refractivity contribution is 7.07. The minimum Gasteiger partial charge on any atom is -0.497 e. The molecule has 0 amide bonds. The number of para-hydroxylation sites is 1. The molecule has 0 radical (unpaired) electrons. The average molecular weight is 611 g/mol. The Morgan fingerprint density at radius 3 is 2.47 bits per heavy atom. The molecule has 0 saturated heterocycles. The molecular weight excluding hydrogens is 584 g/mol. The zero-order valence-corrected chi connectivity index (χ0v) is 25.2. The molecule has 5 aromatic rings. The zero-order chi connectivity index (χ0) is 30.1. The summed E-state index contributed by atoms with van der Waals surface area (Å²) in [5, 5.41) is 5.32. The van der Waals surface area contributed by atoms with Gasteiger partial charge >= 0.3 is 5.97 Å². The van der Waals surface area contributed by atoms with Gasteiger partial charge in [-0.25, -0.2) is 14.5 Å². The van der Waals surface area contributed by atoms with Crippen LogP contribution in [0, 0.1) is 0 Å². The summed E-state index contributed by atoms with van der Waals surface area (Å²) in [4.78, 5) is 32.5. The molecule has 0 unspecified atom stereocenters. The van der Waals surface area contributed by atoms with E-state index in [-0.39, 0.29) is 17.7 Å². The third-order valence-electron chi connectivity index (χ3n) is 7.13. The first-order chi connectivity index (χ1) is 20.9. The van der Waals surface area contributed by atoms with Gasteiger partial charge in [-0.3, -0.25) is 9.36 Å². The number of aromatic nitrogens is 3. The summed E-state index contributed by atoms with van der Waals surface area (Å²) < 4.78 is 14.5. The van der Waals surface area contributed by atoms with Crippen molar-refractivity contribution in [3.63, 3.8) is 0 Å². The van der Waals surface area contributed by atoms with Gasteiger partial charge in [0.15, 0.2) is 4.80 Å². The van der Waals surface area contributed by atoms with Crippen molar-refractivity contribution < 1.29 is 14.3 Å². The SMILES string of the molecule is CCOC(=O)C1=C(C)N=c2s/c(=C/c3cn(-c4ccccc4)nc3-c3ccc(OC)cc3)c(=O)n2[C@@H]1c1ccccc1Cl. The van der Waals surface area contributed by atoms with Crippen LogP contribution in [0.25, 0.3) is 23.0 Å². The largest absolute Gasteiger partial charge is 0.497 e. The van der Waals surface area contributed by atoms with Gasteiger partial charge in [0.05, 0.1) is 35.2 Å². The van der Waals surface area contributed by atoms with E-state index in [1.807, 2.05) is 79.0 Å². The first-order valence-corrected chi connectivity index (χ1v) is 14.8. The Kier molecular flexibility index (Phi) is 7.84. The van der Waals surface area contributed by atoms with Gasteiger partial charge in [-0.2, -0.15) is 5.10 Å². The number of fused-ring (bicyclic) bond motifs is 1. The number of allylic oxidation sites excluding steroid dienone is 1. The lowest BCUT2D eigenvalue weighted by molar-refractivity contribution is -0.139. The van der Waals surface area contributed by atoms with Crippen LogP contribution in [-0.4, -0.2) is 34.0 Å². The van der Waals surface area contributed by atoms with Crippen molar-refractivity contribution in [3.8, 4) is 22.7 Å². The molecule has 3 aromatic carbocycles. The van der Waals surface area contributed by atoms with Gasteiger partial charge in [0.1, 0.15) is 17.5 Å². The molecule has 0 spiro atoms. The standard InChI is InChI=1S/C33H27ClN4O4S/c1-4-42-32(40)28-20(2)35-33-38(30(28)25-12-8-9-13-26(25)34)31(39)27(43-33)18-22-19-37(23-10-6-5-7-11-23)36-29(22)21-14-16-24(41-3)17-15-21/h5-19,30H,4H2,1-3H3/b27-18+/t30-/m1/s1. The van der Waals surface area contributed by atoms with Crippen molar-refractivity contribution in [1.29, 1.82) is 0 Å². The summed E-state index contributed by atoms with van der Waals surface area (Å²) >= 11 is 7.88. The summed E-state index contributed by atoms with van der Waals surface area (Å²) in [6.07, 6.45) is 3.72. The van der Waals surface area contributed by atoms with Crippen LogP contribution in [0.15, 0.2) is 106 Å². The zero-order valence-electron chi connectivity index (χ0n) is 23.7. The summed E-state index contributed by atoms with van der Waals surface area (Å²) in [5.41, 5.74) is 4.27. The number of ether oxygens (including phenoxy) is 2. The van der Waals surface area contributed by atoms with Gasteiger partial charge in [0.25, 0.3) is 5.56 Å². The maximum atomic E-state index is 14.2. The summed E-state index contributed by atoms with van der Waals surface area (Å²) in [7, 11) is 1.62. The molecular formula is C33H27ClN4O4S. The van der Waals surface area contributed by atoms with Crippen LogP contribution in [-0.2, 0) is 9.53 Å². The Labute approximate surface area is 256 Å². The number of methoxy groups -OCH3 is 1. The van der Waals surface area contributed by atoms with Crippen molar-refractivity contribution in [2.24, 2.45) is 4.99 Å². The van der Waals surface area contributed by atoms with Gasteiger partial charge in [-0.1, -0.05) is 59.3 Å². The number of thiazole rings is 1. The van der Waals surface area contributed by atoms with E-state index in [0.29, 0.717) is 31.3 Å². The summed E-state index contributed by atoms with van der Waals surface area (Å²) in [5.74, 6) is 0.197. The van der Waals surface area contributed by atoms with Gasteiger partial charge in [0, 0.05) is 22.3 Å². The molecule has 0 bridgehead atoms. The molecule has 1 aliphatic rings. The maximum absolute atomic E-state index is 14.2. The third kappa shape index (κ3) is 5.33. The number of carbonyl (C=O) groups is 1. The molecule has 216 valence electrons. The first kappa shape index (κ1) is 28.4. The van der Waals surface area contributed by atoms with Crippen molar-refractivity contribution in [2.45, 2.75) is 19.9 Å². The lowest BCUT2D eigenvalue weighted by atomic mass is 9.96. The highest BCUT2D eigenvalue weighted by atomic mass is 35.5. The van der Waals surface area contributed by atoms with E-state index in [0.717, 1.165) is 22.6 Å². The van der Waals surface area contributed by atoms with Crippen molar-refractivity contribution in [2.75, 3.05) is 13.7 Å². The highest BCUT2D eigenvalue weighted by Gasteiger charge is 2.34. The monoisotopic (exact) mass is 610 g/mol. The lowest BCUT2D eigenvalue weighted by Crippen LogP contribution is -2.40. The Balaban J connectivity index is 1.56. The molecule has 0 aliphatic carbocycles. The number of hydrogen-bond acceptors (Lipinski definition) is 7. The highest BCUT2D eigenvalue weighted by Crippen LogP contribution is 2.34. The first-order valence-electron chi connectivity index (χ1n) is 13.6.